The highest BCUT2D eigenvalue weighted by atomic mass is 16.1. The van der Waals surface area contributed by atoms with E-state index in [1.165, 1.54) is 0 Å². The van der Waals surface area contributed by atoms with Crippen molar-refractivity contribution in [3.63, 3.8) is 0 Å². The van der Waals surface area contributed by atoms with Crippen molar-refractivity contribution in [1.82, 2.24) is 4.98 Å². The number of anilines is 1. The van der Waals surface area contributed by atoms with Gasteiger partial charge in [-0.1, -0.05) is 18.2 Å². The van der Waals surface area contributed by atoms with Crippen LogP contribution in [0.2, 0.25) is 0 Å². The first-order valence-corrected chi connectivity index (χ1v) is 6.07. The van der Waals surface area contributed by atoms with Gasteiger partial charge < -0.3 is 11.1 Å². The zero-order valence-electron chi connectivity index (χ0n) is 11.1. The minimum Gasteiger partial charge on any atom is -0.368 e. The van der Waals surface area contributed by atoms with Crippen LogP contribution >= 0.6 is 0 Å². The van der Waals surface area contributed by atoms with Crippen LogP contribution in [0.25, 0.3) is 0 Å². The smallest absolute Gasteiger partial charge is 0.247 e. The third-order valence-corrected chi connectivity index (χ3v) is 3.14. The number of primary amides is 1. The number of benzene rings is 1. The third-order valence-electron chi connectivity index (χ3n) is 3.14. The van der Waals surface area contributed by atoms with E-state index < -0.39 is 11.4 Å². The summed E-state index contributed by atoms with van der Waals surface area (Å²) in [7, 11) is 0. The number of hydrogen-bond donors (Lipinski definition) is 2. The first-order valence-electron chi connectivity index (χ1n) is 6.07. The van der Waals surface area contributed by atoms with Gasteiger partial charge in [0.2, 0.25) is 5.91 Å². The molecule has 0 aliphatic heterocycles. The fourth-order valence-electron chi connectivity index (χ4n) is 1.95. The fraction of sp³-hybridized carbons (Fsp3) is 0.200. The maximum atomic E-state index is 11.8. The molecular formula is C15H17N3O. The van der Waals surface area contributed by atoms with E-state index in [0.717, 1.165) is 16.8 Å². The molecule has 0 bridgehead atoms. The van der Waals surface area contributed by atoms with Crippen molar-refractivity contribution >= 4 is 11.6 Å². The van der Waals surface area contributed by atoms with Gasteiger partial charge in [0.15, 0.2) is 0 Å². The fourth-order valence-corrected chi connectivity index (χ4v) is 1.95. The Labute approximate surface area is 112 Å². The molecule has 0 saturated carbocycles. The number of hydrogen-bond acceptors (Lipinski definition) is 3. The molecule has 0 aliphatic carbocycles. The quantitative estimate of drug-likeness (QED) is 0.880. The highest BCUT2D eigenvalue weighted by Crippen LogP contribution is 2.25. The third kappa shape index (κ3) is 2.73. The standard InChI is InChI=1S/C15H17N3O/c1-11-5-3-7-13(9-11)18-15(2,14(16)19)12-6-4-8-17-10-12/h3-10,18H,1-2H3,(H2,16,19). The van der Waals surface area contributed by atoms with Gasteiger partial charge in [0.05, 0.1) is 0 Å². The monoisotopic (exact) mass is 255 g/mol. The van der Waals surface area contributed by atoms with Crippen LogP contribution in [-0.2, 0) is 10.3 Å². The molecule has 0 aliphatic rings. The van der Waals surface area contributed by atoms with Crippen molar-refractivity contribution in [3.8, 4) is 0 Å². The lowest BCUT2D eigenvalue weighted by atomic mass is 9.92. The van der Waals surface area contributed by atoms with Gasteiger partial charge in [-0.15, -0.1) is 0 Å². The Balaban J connectivity index is 2.39. The van der Waals surface area contributed by atoms with Crippen molar-refractivity contribution in [1.29, 1.82) is 0 Å². The second kappa shape index (κ2) is 5.10. The number of nitrogens with zero attached hydrogens (tertiary/aromatic N) is 1. The Morgan fingerprint density at radius 2 is 2.11 bits per heavy atom. The van der Waals surface area contributed by atoms with Gasteiger partial charge in [-0.05, 0) is 37.6 Å². The van der Waals surface area contributed by atoms with E-state index in [4.69, 9.17) is 5.73 Å². The molecule has 1 atom stereocenters. The first-order chi connectivity index (χ1) is 9.02. The number of aryl methyl sites for hydroxylation is 1. The normalized spacial score (nSPS) is 13.6. The van der Waals surface area contributed by atoms with Crippen LogP contribution in [0.5, 0.6) is 0 Å². The van der Waals surface area contributed by atoms with Crippen molar-refractivity contribution in [2.75, 3.05) is 5.32 Å². The van der Waals surface area contributed by atoms with Crippen molar-refractivity contribution in [2.45, 2.75) is 19.4 Å². The summed E-state index contributed by atoms with van der Waals surface area (Å²) in [6, 6.07) is 11.4. The van der Waals surface area contributed by atoms with Gasteiger partial charge in [0.25, 0.3) is 0 Å². The minimum atomic E-state index is -0.984. The van der Waals surface area contributed by atoms with Gasteiger partial charge >= 0.3 is 0 Å². The number of rotatable bonds is 4. The van der Waals surface area contributed by atoms with Crippen LogP contribution in [0, 0.1) is 6.92 Å². The molecule has 0 radical (unpaired) electrons. The lowest BCUT2D eigenvalue weighted by Gasteiger charge is -2.29. The summed E-state index contributed by atoms with van der Waals surface area (Å²) >= 11 is 0. The average molecular weight is 255 g/mol. The summed E-state index contributed by atoms with van der Waals surface area (Å²) in [6.07, 6.45) is 3.31. The number of nitrogens with two attached hydrogens (primary N) is 1. The molecule has 0 saturated heterocycles. The number of carbonyl (C=O) groups is 1. The van der Waals surface area contributed by atoms with E-state index in [2.05, 4.69) is 10.3 Å². The maximum Gasteiger partial charge on any atom is 0.247 e. The summed E-state index contributed by atoms with van der Waals surface area (Å²) < 4.78 is 0. The predicted octanol–water partition coefficient (Wildman–Crippen LogP) is 2.20. The molecule has 3 N–H and O–H groups in total. The van der Waals surface area contributed by atoms with E-state index in [0.29, 0.717) is 0 Å². The Bertz CT molecular complexity index is 583. The topological polar surface area (TPSA) is 68.0 Å². The van der Waals surface area contributed by atoms with Gasteiger partial charge in [-0.3, -0.25) is 9.78 Å². The molecule has 4 nitrogen and oxygen atoms in total. The van der Waals surface area contributed by atoms with Gasteiger partial charge in [-0.2, -0.15) is 0 Å². The molecule has 1 aromatic heterocycles. The Morgan fingerprint density at radius 3 is 2.68 bits per heavy atom. The van der Waals surface area contributed by atoms with Gasteiger partial charge in [0, 0.05) is 23.6 Å². The first kappa shape index (κ1) is 13.1. The molecule has 1 unspecified atom stereocenters. The van der Waals surface area contributed by atoms with Crippen molar-refractivity contribution in [3.05, 3.63) is 59.9 Å². The number of pyridine rings is 1. The number of nitrogens with one attached hydrogen (secondary N) is 1. The number of carbonyl (C=O) groups excluding carboxylic acids is 1. The van der Waals surface area contributed by atoms with E-state index in [1.807, 2.05) is 37.3 Å². The number of aromatic nitrogens is 1. The Kier molecular flexibility index (Phi) is 3.51. The minimum absolute atomic E-state index is 0.443. The summed E-state index contributed by atoms with van der Waals surface area (Å²) in [5, 5.41) is 3.20. The second-order valence-corrected chi connectivity index (χ2v) is 4.73. The van der Waals surface area contributed by atoms with Crippen LogP contribution in [0.3, 0.4) is 0 Å². The predicted molar refractivity (Wildman–Crippen MR) is 75.6 cm³/mol. The molecule has 4 heteroatoms. The molecule has 2 rings (SSSR count). The lowest BCUT2D eigenvalue weighted by Crippen LogP contribution is -2.45. The van der Waals surface area contributed by atoms with Crippen molar-refractivity contribution in [2.24, 2.45) is 5.73 Å². The molecule has 1 amide bonds. The average Bonchev–Trinajstić information content (AvgIpc) is 2.39. The summed E-state index contributed by atoms with van der Waals surface area (Å²) in [6.45, 7) is 3.76. The Morgan fingerprint density at radius 1 is 1.32 bits per heavy atom. The van der Waals surface area contributed by atoms with E-state index in [-0.39, 0.29) is 0 Å². The highest BCUT2D eigenvalue weighted by Gasteiger charge is 2.33. The van der Waals surface area contributed by atoms with Gasteiger partial charge in [-0.25, -0.2) is 0 Å². The SMILES string of the molecule is Cc1cccc(NC(C)(C(N)=O)c2cccnc2)c1. The van der Waals surface area contributed by atoms with Crippen molar-refractivity contribution < 1.29 is 4.79 Å². The number of amides is 1. The van der Waals surface area contributed by atoms with Crippen LogP contribution in [0.4, 0.5) is 5.69 Å². The molecule has 98 valence electrons. The lowest BCUT2D eigenvalue weighted by molar-refractivity contribution is -0.122. The zero-order chi connectivity index (χ0) is 13.9. The molecular weight excluding hydrogens is 238 g/mol. The summed E-state index contributed by atoms with van der Waals surface area (Å²) in [5.74, 6) is -0.443. The molecule has 2 aromatic rings. The van der Waals surface area contributed by atoms with E-state index in [1.54, 1.807) is 25.4 Å². The zero-order valence-corrected chi connectivity index (χ0v) is 11.1. The molecule has 0 spiro atoms. The molecule has 1 aromatic carbocycles. The Hall–Kier alpha value is -2.36. The van der Waals surface area contributed by atoms with E-state index in [9.17, 15) is 4.79 Å². The second-order valence-electron chi connectivity index (χ2n) is 4.73. The summed E-state index contributed by atoms with van der Waals surface area (Å²) in [4.78, 5) is 15.9. The van der Waals surface area contributed by atoms with E-state index >= 15 is 0 Å². The summed E-state index contributed by atoms with van der Waals surface area (Å²) in [5.41, 5.74) is 7.28. The van der Waals surface area contributed by atoms with Crippen LogP contribution in [0.15, 0.2) is 48.8 Å². The van der Waals surface area contributed by atoms with Crippen LogP contribution in [-0.4, -0.2) is 10.9 Å². The van der Waals surface area contributed by atoms with Crippen LogP contribution in [0.1, 0.15) is 18.1 Å². The van der Waals surface area contributed by atoms with Gasteiger partial charge in [0.1, 0.15) is 5.54 Å². The largest absolute Gasteiger partial charge is 0.368 e. The molecule has 0 fully saturated rings. The van der Waals surface area contributed by atoms with Crippen LogP contribution < -0.4 is 11.1 Å². The molecule has 1 heterocycles. The maximum absolute atomic E-state index is 11.8. The molecule has 19 heavy (non-hydrogen) atoms. The highest BCUT2D eigenvalue weighted by molar-refractivity contribution is 5.88.